The molecule has 3 aromatic carbocycles. The summed E-state index contributed by atoms with van der Waals surface area (Å²) in [6.07, 6.45) is 2.20. The van der Waals surface area contributed by atoms with Gasteiger partial charge in [0, 0.05) is 51.8 Å². The molecule has 0 N–H and O–H groups in total. The maximum atomic E-state index is 5.86. The molecule has 288 valence electrons. The molecule has 0 fully saturated rings. The second-order valence-electron chi connectivity index (χ2n) is 15.6. The summed E-state index contributed by atoms with van der Waals surface area (Å²) in [5.74, 6) is 2.78. The van der Waals surface area contributed by atoms with E-state index in [0.29, 0.717) is 29.6 Å². The maximum Gasteiger partial charge on any atom is 0.0974 e. The first-order chi connectivity index (χ1) is 24.5. The van der Waals surface area contributed by atoms with E-state index < -0.39 is 0 Å². The Kier molecular flexibility index (Phi) is 18.0. The normalized spacial score (nSPS) is 11.9. The van der Waals surface area contributed by atoms with E-state index in [4.69, 9.17) is 10.3 Å². The third kappa shape index (κ3) is 10.4. The largest absolute Gasteiger partial charge is 0.671 e. The van der Waals surface area contributed by atoms with Crippen molar-refractivity contribution in [2.24, 2.45) is 14.1 Å². The van der Waals surface area contributed by atoms with E-state index in [2.05, 4.69) is 165 Å². The Balaban J connectivity index is 0.00000130. The van der Waals surface area contributed by atoms with Crippen LogP contribution in [0.4, 0.5) is 5.69 Å². The van der Waals surface area contributed by atoms with Crippen molar-refractivity contribution < 1.29 is 25.8 Å². The van der Waals surface area contributed by atoms with E-state index in [9.17, 15) is 0 Å². The molecule has 0 aliphatic carbocycles. The first-order valence-electron chi connectivity index (χ1n) is 19.0. The van der Waals surface area contributed by atoms with Crippen molar-refractivity contribution in [3.05, 3.63) is 122 Å². The predicted octanol–water partition coefficient (Wildman–Crippen LogP) is 13.3. The number of hydrogen-bond acceptors (Lipinski definition) is 1. The molecule has 1 atom stereocenters. The number of hydrogen-bond donors (Lipinski definition) is 0. The topological polar surface area (TPSA) is 65.1 Å². The molecular weight excluding hydrogens is 815 g/mol. The van der Waals surface area contributed by atoms with Crippen LogP contribution in [0.5, 0.6) is 0 Å². The minimum absolute atomic E-state index is 0. The zero-order valence-electron chi connectivity index (χ0n) is 35.8. The number of imidazole rings is 1. The molecule has 53 heavy (non-hydrogen) atoms. The Morgan fingerprint density at radius 3 is 1.62 bits per heavy atom. The summed E-state index contributed by atoms with van der Waals surface area (Å²) in [7, 11) is 11.3. The van der Waals surface area contributed by atoms with Gasteiger partial charge in [-0.2, -0.15) is 28.2 Å². The minimum atomic E-state index is -0.272. The Labute approximate surface area is 341 Å². The van der Waals surface area contributed by atoms with Crippen molar-refractivity contribution >= 4 is 16.6 Å². The predicted molar refractivity (Wildman–Crippen MR) is 227 cm³/mol. The Hall–Kier alpha value is -3.00. The van der Waals surface area contributed by atoms with Crippen molar-refractivity contribution in [1.82, 2.24) is 14.1 Å². The van der Waals surface area contributed by atoms with Gasteiger partial charge in [0.25, 0.3) is 0 Å². The molecule has 0 radical (unpaired) electrons. The quantitative estimate of drug-likeness (QED) is 0.102. The third-order valence-electron chi connectivity index (χ3n) is 9.77. The van der Waals surface area contributed by atoms with Gasteiger partial charge < -0.3 is 25.1 Å². The summed E-state index contributed by atoms with van der Waals surface area (Å²) >= 11 is 0. The average molecular weight is 882 g/mol. The van der Waals surface area contributed by atoms with E-state index in [1.165, 1.54) is 44.6 Å². The van der Waals surface area contributed by atoms with E-state index in [1.807, 2.05) is 6.07 Å². The van der Waals surface area contributed by atoms with E-state index in [1.54, 1.807) is 28.2 Å². The monoisotopic (exact) mass is 882 g/mol. The number of para-hydroxylation sites is 1. The molecule has 5 rings (SSSR count). The molecule has 0 bridgehead atoms. The molecule has 1 unspecified atom stereocenters. The summed E-state index contributed by atoms with van der Waals surface area (Å²) < 4.78 is 4.48. The van der Waals surface area contributed by atoms with Crippen LogP contribution in [-0.2, 0) is 39.9 Å². The van der Waals surface area contributed by atoms with E-state index in [0.717, 1.165) is 28.2 Å². The van der Waals surface area contributed by atoms with Gasteiger partial charge in [0.1, 0.15) is 0 Å². The zero-order chi connectivity index (χ0) is 39.0. The first kappa shape index (κ1) is 46.2. The van der Waals surface area contributed by atoms with Crippen LogP contribution in [0, 0.1) is 13.0 Å². The molecule has 0 saturated carbocycles. The van der Waals surface area contributed by atoms with Crippen LogP contribution in [0.1, 0.15) is 150 Å². The molecule has 0 saturated heterocycles. The smallest absolute Gasteiger partial charge is 0.0974 e. The van der Waals surface area contributed by atoms with Crippen LogP contribution in [0.2, 0.25) is 0 Å². The van der Waals surface area contributed by atoms with Gasteiger partial charge in [-0.15, -0.1) is 35.3 Å². The van der Waals surface area contributed by atoms with Crippen LogP contribution in [0.3, 0.4) is 0 Å². The van der Waals surface area contributed by atoms with Crippen LogP contribution >= 0.6 is 0 Å². The number of rotatable bonds is 10. The molecule has 2 aromatic heterocycles. The molecule has 2 heterocycles. The van der Waals surface area contributed by atoms with Crippen LogP contribution in [0.25, 0.3) is 38.1 Å². The first-order valence-corrected chi connectivity index (χ1v) is 19.0. The zero-order valence-corrected chi connectivity index (χ0v) is 39.4. The van der Waals surface area contributed by atoms with Gasteiger partial charge in [0.15, 0.2) is 0 Å². The van der Waals surface area contributed by atoms with E-state index >= 15 is 0 Å². The molecule has 0 spiro atoms. The number of fused-ring (bicyclic) bond motifs is 1. The van der Waals surface area contributed by atoms with Gasteiger partial charge in [-0.05, 0) is 76.0 Å². The van der Waals surface area contributed by atoms with Gasteiger partial charge in [0.05, 0.1) is 5.82 Å². The summed E-state index contributed by atoms with van der Waals surface area (Å²) in [6.45, 7) is 25.2. The summed E-state index contributed by atoms with van der Waals surface area (Å²) in [6, 6.07) is 21.1. The molecule has 0 aliphatic heterocycles. The van der Waals surface area contributed by atoms with Crippen LogP contribution in [0.15, 0.2) is 54.7 Å². The number of benzene rings is 3. The summed E-state index contributed by atoms with van der Waals surface area (Å²) in [5, 5.41) is 14.0. The van der Waals surface area contributed by atoms with Gasteiger partial charge in [-0.1, -0.05) is 116 Å². The Morgan fingerprint density at radius 1 is 0.679 bits per heavy atom. The molecule has 5 aromatic rings. The molecule has 0 amide bonds. The van der Waals surface area contributed by atoms with Crippen molar-refractivity contribution in [2.45, 2.75) is 112 Å². The fourth-order valence-corrected chi connectivity index (χ4v) is 6.97. The van der Waals surface area contributed by atoms with Gasteiger partial charge in [-0.3, -0.25) is 0 Å². The van der Waals surface area contributed by atoms with Crippen LogP contribution in [-0.4, -0.2) is 42.3 Å². The van der Waals surface area contributed by atoms with Crippen molar-refractivity contribution in [1.29, 1.82) is 0 Å². The standard InChI is InChI=1S/C42H54N4.2C2H6N.Hf/c1-24(2)30-21-34(27(7)8)39(35(22-30)28(9)10)41(44-40-31(25(3)4)18-16-19-32(40)26(5)6)42-43-36(23-45(42)12)38-29(11)46(13)37-20-15-14-17-33(37)38;2*1-3-2;/h14-16,18-28,41H,1-13H3;2*1-2H3;/q-2;2*-1;. The van der Waals surface area contributed by atoms with E-state index in [-0.39, 0.29) is 31.9 Å². The van der Waals surface area contributed by atoms with Gasteiger partial charge in [-0.25, -0.2) is 4.98 Å². The fourth-order valence-electron chi connectivity index (χ4n) is 6.97. The Morgan fingerprint density at radius 2 is 1.17 bits per heavy atom. The number of nitrogens with zero attached hydrogens (tertiary/aromatic N) is 6. The SMILES string of the molecule is C[N-]C.C[N-]C.Cc1c(-c2cn(C)c(C([N-]c3c(C(C)C)cccc3C(C)C)c3c(C(C)C)cc(C(C)C)cc3C(C)C)n2)c2[c-]cccc2n1C.[Hf]. The second-order valence-corrected chi connectivity index (χ2v) is 15.6. The molecule has 6 nitrogen and oxygen atoms in total. The van der Waals surface area contributed by atoms with Crippen molar-refractivity contribution in [3.8, 4) is 11.3 Å². The van der Waals surface area contributed by atoms with Crippen molar-refractivity contribution in [2.75, 3.05) is 28.2 Å². The molecule has 0 aliphatic rings. The summed E-state index contributed by atoms with van der Waals surface area (Å²) in [5.41, 5.74) is 13.6. The summed E-state index contributed by atoms with van der Waals surface area (Å²) in [4.78, 5) is 5.52. The average Bonchev–Trinajstić information content (AvgIpc) is 3.58. The van der Waals surface area contributed by atoms with Gasteiger partial charge >= 0.3 is 0 Å². The van der Waals surface area contributed by atoms with Gasteiger partial charge in [0.2, 0.25) is 0 Å². The third-order valence-corrected chi connectivity index (χ3v) is 9.77. The molecule has 7 heteroatoms. The molecular formula is C46H66HfN6-4. The fraction of sp³-hybridized carbons (Fsp3) is 0.500. The second kappa shape index (κ2) is 20.6. The number of aromatic nitrogens is 3. The minimum Gasteiger partial charge on any atom is -0.671 e. The van der Waals surface area contributed by atoms with Crippen LogP contribution < -0.4 is 0 Å². The Bertz CT molecular complexity index is 1830. The van der Waals surface area contributed by atoms with Crippen molar-refractivity contribution in [3.63, 3.8) is 0 Å². The number of aryl methyl sites for hydroxylation is 2. The maximum absolute atomic E-state index is 5.86.